The molecule has 1 atom stereocenters. The number of nitrogens with one attached hydrogen (secondary N) is 1. The molecule has 1 amide bonds. The van der Waals surface area contributed by atoms with E-state index in [9.17, 15) is 9.59 Å². The molecule has 0 aliphatic carbocycles. The van der Waals surface area contributed by atoms with Gasteiger partial charge in [-0.2, -0.15) is 0 Å². The minimum atomic E-state index is -0.146. The highest BCUT2D eigenvalue weighted by Crippen LogP contribution is 2.24. The lowest BCUT2D eigenvalue weighted by atomic mass is 10.1. The van der Waals surface area contributed by atoms with Crippen molar-refractivity contribution < 1.29 is 9.53 Å². The first kappa shape index (κ1) is 21.6. The Bertz CT molecular complexity index is 1110. The largest absolute Gasteiger partial charge is 0.376 e. The van der Waals surface area contributed by atoms with Crippen molar-refractivity contribution in [2.24, 2.45) is 0 Å². The standard InChI is InChI=1S/C24H27N3O3S/c1-2-12-25-22(28)18-10-11-20-21(14-18)26-24(31-16-17-7-4-3-5-8-17)27(23(20)29)15-19-9-6-13-30-19/h3-5,7-8,10-11,14,19H,2,6,9,12-13,15-16H2,1H3,(H,25,28)/t19-/m1/s1. The van der Waals surface area contributed by atoms with Crippen LogP contribution in [0.5, 0.6) is 0 Å². The zero-order valence-corrected chi connectivity index (χ0v) is 18.5. The van der Waals surface area contributed by atoms with E-state index < -0.39 is 0 Å². The Kier molecular flexibility index (Phi) is 7.04. The Balaban J connectivity index is 1.70. The summed E-state index contributed by atoms with van der Waals surface area (Å²) < 4.78 is 7.52. The van der Waals surface area contributed by atoms with Crippen molar-refractivity contribution >= 4 is 28.6 Å². The number of hydrogen-bond donors (Lipinski definition) is 1. The second kappa shape index (κ2) is 10.1. The van der Waals surface area contributed by atoms with E-state index >= 15 is 0 Å². The molecule has 1 aromatic heterocycles. The quantitative estimate of drug-likeness (QED) is 0.426. The number of carbonyl (C=O) groups is 1. The molecule has 4 rings (SSSR count). The number of fused-ring (bicyclic) bond motifs is 1. The summed E-state index contributed by atoms with van der Waals surface area (Å²) >= 11 is 1.54. The fourth-order valence-corrected chi connectivity index (χ4v) is 4.63. The number of nitrogens with zero attached hydrogens (tertiary/aromatic N) is 2. The van der Waals surface area contributed by atoms with Crippen LogP contribution in [0.1, 0.15) is 42.1 Å². The molecule has 1 aliphatic heterocycles. The molecule has 0 saturated carbocycles. The summed E-state index contributed by atoms with van der Waals surface area (Å²) in [7, 11) is 0. The van der Waals surface area contributed by atoms with Crippen LogP contribution in [0.2, 0.25) is 0 Å². The molecule has 0 spiro atoms. The van der Waals surface area contributed by atoms with Gasteiger partial charge in [-0.05, 0) is 43.0 Å². The van der Waals surface area contributed by atoms with Crippen molar-refractivity contribution in [1.29, 1.82) is 0 Å². The third-order valence-electron chi connectivity index (χ3n) is 5.34. The van der Waals surface area contributed by atoms with Crippen LogP contribution >= 0.6 is 11.8 Å². The zero-order valence-electron chi connectivity index (χ0n) is 17.7. The second-order valence-corrected chi connectivity index (χ2v) is 8.65. The first-order valence-electron chi connectivity index (χ1n) is 10.8. The Morgan fingerprint density at radius 1 is 1.26 bits per heavy atom. The van der Waals surface area contributed by atoms with E-state index in [-0.39, 0.29) is 17.6 Å². The van der Waals surface area contributed by atoms with Gasteiger partial charge in [0, 0.05) is 24.5 Å². The zero-order chi connectivity index (χ0) is 21.6. The molecule has 1 saturated heterocycles. The fraction of sp³-hybridized carbons (Fsp3) is 0.375. The Labute approximate surface area is 186 Å². The van der Waals surface area contributed by atoms with E-state index in [2.05, 4.69) is 17.4 Å². The summed E-state index contributed by atoms with van der Waals surface area (Å²) in [6.45, 7) is 3.86. The summed E-state index contributed by atoms with van der Waals surface area (Å²) in [6.07, 6.45) is 2.87. The van der Waals surface area contributed by atoms with Gasteiger partial charge in [0.15, 0.2) is 5.16 Å². The summed E-state index contributed by atoms with van der Waals surface area (Å²) in [5.74, 6) is 0.564. The van der Waals surface area contributed by atoms with E-state index in [0.717, 1.165) is 25.9 Å². The van der Waals surface area contributed by atoms with Crippen molar-refractivity contribution in [2.45, 2.75) is 49.7 Å². The molecule has 162 valence electrons. The van der Waals surface area contributed by atoms with Gasteiger partial charge in [-0.25, -0.2) is 4.98 Å². The Morgan fingerprint density at radius 2 is 2.10 bits per heavy atom. The number of carbonyl (C=O) groups excluding carboxylic acids is 1. The summed E-state index contributed by atoms with van der Waals surface area (Å²) in [4.78, 5) is 30.5. The molecule has 31 heavy (non-hydrogen) atoms. The van der Waals surface area contributed by atoms with Crippen LogP contribution < -0.4 is 10.9 Å². The van der Waals surface area contributed by atoms with Crippen LogP contribution in [-0.4, -0.2) is 34.7 Å². The van der Waals surface area contributed by atoms with E-state index in [1.165, 1.54) is 17.3 Å². The maximum Gasteiger partial charge on any atom is 0.262 e. The Morgan fingerprint density at radius 3 is 2.84 bits per heavy atom. The van der Waals surface area contributed by atoms with Crippen molar-refractivity contribution in [3.05, 3.63) is 70.0 Å². The first-order chi connectivity index (χ1) is 15.2. The van der Waals surface area contributed by atoms with Crippen LogP contribution in [0, 0.1) is 0 Å². The van der Waals surface area contributed by atoms with Crippen LogP contribution in [0.4, 0.5) is 0 Å². The highest BCUT2D eigenvalue weighted by atomic mass is 32.2. The van der Waals surface area contributed by atoms with Gasteiger partial charge in [0.2, 0.25) is 0 Å². The molecule has 6 nitrogen and oxygen atoms in total. The van der Waals surface area contributed by atoms with E-state index in [0.29, 0.717) is 40.5 Å². The molecule has 2 aromatic carbocycles. The van der Waals surface area contributed by atoms with Gasteiger partial charge in [0.25, 0.3) is 11.5 Å². The van der Waals surface area contributed by atoms with Crippen molar-refractivity contribution in [3.8, 4) is 0 Å². The normalized spacial score (nSPS) is 16.0. The van der Waals surface area contributed by atoms with Gasteiger partial charge >= 0.3 is 0 Å². The molecular weight excluding hydrogens is 410 g/mol. The molecule has 7 heteroatoms. The monoisotopic (exact) mass is 437 g/mol. The molecule has 0 bridgehead atoms. The number of aromatic nitrogens is 2. The van der Waals surface area contributed by atoms with Crippen LogP contribution in [0.15, 0.2) is 58.5 Å². The molecule has 2 heterocycles. The molecular formula is C24H27N3O3S. The van der Waals surface area contributed by atoms with Crippen molar-refractivity contribution in [2.75, 3.05) is 13.2 Å². The minimum absolute atomic E-state index is 0.0344. The lowest BCUT2D eigenvalue weighted by Gasteiger charge is -2.17. The number of rotatable bonds is 8. The third-order valence-corrected chi connectivity index (χ3v) is 6.39. The van der Waals surface area contributed by atoms with Crippen molar-refractivity contribution in [1.82, 2.24) is 14.9 Å². The lowest BCUT2D eigenvalue weighted by molar-refractivity contribution is 0.0937. The van der Waals surface area contributed by atoms with Gasteiger partial charge in [-0.3, -0.25) is 14.2 Å². The second-order valence-electron chi connectivity index (χ2n) is 7.71. The minimum Gasteiger partial charge on any atom is -0.376 e. The van der Waals surface area contributed by atoms with Crippen LogP contribution in [0.25, 0.3) is 10.9 Å². The molecule has 0 radical (unpaired) electrons. The molecule has 1 aliphatic rings. The SMILES string of the molecule is CCCNC(=O)c1ccc2c(=O)n(C[C@H]3CCCO3)c(SCc3ccccc3)nc2c1. The highest BCUT2D eigenvalue weighted by Gasteiger charge is 2.21. The van der Waals surface area contributed by atoms with E-state index in [1.54, 1.807) is 22.8 Å². The number of ether oxygens (including phenoxy) is 1. The Hall–Kier alpha value is -2.64. The average molecular weight is 438 g/mol. The lowest BCUT2D eigenvalue weighted by Crippen LogP contribution is -2.29. The number of benzene rings is 2. The predicted molar refractivity (Wildman–Crippen MR) is 124 cm³/mol. The number of hydrogen-bond acceptors (Lipinski definition) is 5. The predicted octanol–water partition coefficient (Wildman–Crippen LogP) is 4.01. The third kappa shape index (κ3) is 5.17. The topological polar surface area (TPSA) is 73.2 Å². The summed E-state index contributed by atoms with van der Waals surface area (Å²) in [5.41, 5.74) is 2.15. The van der Waals surface area contributed by atoms with Gasteiger partial charge in [0.1, 0.15) is 0 Å². The van der Waals surface area contributed by atoms with Crippen LogP contribution in [0.3, 0.4) is 0 Å². The molecule has 3 aromatic rings. The van der Waals surface area contributed by atoms with Gasteiger partial charge in [-0.15, -0.1) is 0 Å². The van der Waals surface area contributed by atoms with E-state index in [4.69, 9.17) is 9.72 Å². The highest BCUT2D eigenvalue weighted by molar-refractivity contribution is 7.98. The van der Waals surface area contributed by atoms with Crippen LogP contribution in [-0.2, 0) is 17.0 Å². The number of thioether (sulfide) groups is 1. The maximum atomic E-state index is 13.4. The van der Waals surface area contributed by atoms with Gasteiger partial charge in [0.05, 0.1) is 23.6 Å². The molecule has 1 N–H and O–H groups in total. The smallest absolute Gasteiger partial charge is 0.262 e. The summed E-state index contributed by atoms with van der Waals surface area (Å²) in [6, 6.07) is 15.2. The van der Waals surface area contributed by atoms with Crippen molar-refractivity contribution in [3.63, 3.8) is 0 Å². The van der Waals surface area contributed by atoms with E-state index in [1.807, 2.05) is 25.1 Å². The first-order valence-corrected chi connectivity index (χ1v) is 11.8. The molecule has 1 fully saturated rings. The number of amides is 1. The fourth-order valence-electron chi connectivity index (χ4n) is 3.67. The van der Waals surface area contributed by atoms with Gasteiger partial charge < -0.3 is 10.1 Å². The average Bonchev–Trinajstić information content (AvgIpc) is 3.32. The summed E-state index contributed by atoms with van der Waals surface area (Å²) in [5, 5.41) is 4.05. The maximum absolute atomic E-state index is 13.4. The van der Waals surface area contributed by atoms with Gasteiger partial charge in [-0.1, -0.05) is 49.0 Å². The molecule has 0 unspecified atom stereocenters.